The van der Waals surface area contributed by atoms with Crippen molar-refractivity contribution >= 4 is 13.3 Å². The molecule has 0 aliphatic carbocycles. The van der Waals surface area contributed by atoms with Gasteiger partial charge in [0.05, 0.1) is 0 Å². The number of anilines is 1. The molecule has 0 aliphatic heterocycles. The molecule has 2 aromatic carbocycles. The Kier molecular flexibility index (Phi) is 7.88. The molecule has 6 heteroatoms. The molecule has 2 rings (SSSR count). The van der Waals surface area contributed by atoms with Crippen LogP contribution in [0.1, 0.15) is 0 Å². The van der Waals surface area contributed by atoms with Crippen LogP contribution in [-0.4, -0.2) is 6.29 Å². The molecule has 2 aromatic rings. The van der Waals surface area contributed by atoms with Gasteiger partial charge in [0.2, 0.25) is 0 Å². The summed E-state index contributed by atoms with van der Waals surface area (Å²) in [6.07, 6.45) is -0.531. The van der Waals surface area contributed by atoms with Gasteiger partial charge < -0.3 is 19.7 Å². The molecule has 17 heavy (non-hydrogen) atoms. The van der Waals surface area contributed by atoms with Crippen molar-refractivity contribution in [1.29, 1.82) is 0 Å². The Morgan fingerprint density at radius 2 is 1.65 bits per heavy atom. The molecule has 0 saturated carbocycles. The Morgan fingerprint density at radius 1 is 1.12 bits per heavy atom. The van der Waals surface area contributed by atoms with E-state index in [9.17, 15) is 14.4 Å². The van der Waals surface area contributed by atoms with Gasteiger partial charge in [0.25, 0.3) is 0 Å². The van der Waals surface area contributed by atoms with Crippen LogP contribution < -0.4 is 15.1 Å². The summed E-state index contributed by atoms with van der Waals surface area (Å²) in [5.41, 5.74) is 0.650. The summed E-state index contributed by atoms with van der Waals surface area (Å²) in [4.78, 5) is 20.3. The summed E-state index contributed by atoms with van der Waals surface area (Å²) in [6, 6.07) is 16.9. The SMILES string of the molecule is O=P([O-])([O-])CN[c-]1cccc1.[Fe+4].c1cc[cH-]c1. The Bertz CT molecular complexity index is 391. The summed E-state index contributed by atoms with van der Waals surface area (Å²) < 4.78 is 10.1. The number of hydrogen-bond acceptors (Lipinski definition) is 4. The Labute approximate surface area is 111 Å². The molecular formula is C11H12FeNO3P. The molecule has 0 spiro atoms. The molecule has 0 heterocycles. The molecule has 0 atom stereocenters. The van der Waals surface area contributed by atoms with E-state index < -0.39 is 13.9 Å². The minimum atomic E-state index is -4.42. The standard InChI is InChI=1S/C6H9NO3P.C5H5.Fe/c8-11(9,10)5-7-6-3-1-2-4-6;1-2-4-5-3-1;/h1-4,7H,5H2,(H2,8,9,10);1-5H;/q2*-1;+4/p-2. The molecule has 0 aromatic heterocycles. The van der Waals surface area contributed by atoms with Crippen molar-refractivity contribution in [3.63, 3.8) is 0 Å². The van der Waals surface area contributed by atoms with Gasteiger partial charge in [-0.25, -0.2) is 24.3 Å². The van der Waals surface area contributed by atoms with Crippen LogP contribution >= 0.6 is 7.60 Å². The molecular weight excluding hydrogens is 281 g/mol. The molecule has 0 fully saturated rings. The predicted molar refractivity (Wildman–Crippen MR) is 60.2 cm³/mol. The van der Waals surface area contributed by atoms with Crippen molar-refractivity contribution in [2.75, 3.05) is 11.6 Å². The van der Waals surface area contributed by atoms with E-state index in [1.165, 1.54) is 0 Å². The molecule has 0 amide bonds. The van der Waals surface area contributed by atoms with Crippen molar-refractivity contribution in [2.24, 2.45) is 0 Å². The van der Waals surface area contributed by atoms with Crippen LogP contribution in [0.5, 0.6) is 0 Å². The number of nitrogens with one attached hydrogen (secondary N) is 1. The molecule has 0 unspecified atom stereocenters. The molecule has 0 saturated heterocycles. The van der Waals surface area contributed by atoms with Crippen molar-refractivity contribution in [1.82, 2.24) is 0 Å². The van der Waals surface area contributed by atoms with Gasteiger partial charge in [0.15, 0.2) is 0 Å². The van der Waals surface area contributed by atoms with Crippen LogP contribution in [-0.2, 0) is 21.6 Å². The summed E-state index contributed by atoms with van der Waals surface area (Å²) >= 11 is 0. The maximum atomic E-state index is 10.1. The van der Waals surface area contributed by atoms with E-state index >= 15 is 0 Å². The third-order valence-corrected chi connectivity index (χ3v) is 2.24. The first kappa shape index (κ1) is 16.2. The third kappa shape index (κ3) is 8.92. The minimum absolute atomic E-state index is 0. The van der Waals surface area contributed by atoms with Crippen molar-refractivity contribution in [3.05, 3.63) is 54.6 Å². The predicted octanol–water partition coefficient (Wildman–Crippen LogP) is 1.09. The molecule has 0 bridgehead atoms. The first-order valence-corrected chi connectivity index (χ1v) is 6.44. The number of hydrogen-bond donors (Lipinski definition) is 1. The Balaban J connectivity index is 0.000000360. The van der Waals surface area contributed by atoms with Crippen LogP contribution in [0.2, 0.25) is 0 Å². The fourth-order valence-electron chi connectivity index (χ4n) is 1.00. The summed E-state index contributed by atoms with van der Waals surface area (Å²) in [7, 11) is -4.42. The minimum Gasteiger partial charge on any atom is -0.810 e. The van der Waals surface area contributed by atoms with E-state index in [0.29, 0.717) is 5.69 Å². The van der Waals surface area contributed by atoms with Gasteiger partial charge in [-0.05, 0) is 7.60 Å². The Morgan fingerprint density at radius 3 is 2.00 bits per heavy atom. The zero-order valence-corrected chi connectivity index (χ0v) is 10.9. The zero-order chi connectivity index (χ0) is 11.9. The van der Waals surface area contributed by atoms with Gasteiger partial charge in [0, 0.05) is 6.29 Å². The fraction of sp³-hybridized carbons (Fsp3) is 0.0909. The van der Waals surface area contributed by atoms with E-state index in [4.69, 9.17) is 0 Å². The topological polar surface area (TPSA) is 75.2 Å². The first-order valence-electron chi connectivity index (χ1n) is 4.71. The molecule has 4 nitrogen and oxygen atoms in total. The van der Waals surface area contributed by atoms with Crippen LogP contribution in [0.25, 0.3) is 0 Å². The second kappa shape index (κ2) is 8.29. The maximum absolute atomic E-state index is 10.1. The third-order valence-electron chi connectivity index (χ3n) is 1.70. The summed E-state index contributed by atoms with van der Waals surface area (Å²) in [6.45, 7) is 0. The Hall–Kier alpha value is -0.831. The molecule has 92 valence electrons. The average molecular weight is 293 g/mol. The van der Waals surface area contributed by atoms with Gasteiger partial charge in [-0.15, -0.1) is 0 Å². The van der Waals surface area contributed by atoms with E-state index in [1.54, 1.807) is 24.3 Å². The maximum Gasteiger partial charge on any atom is 4.00 e. The average Bonchev–Trinajstić information content (AvgIpc) is 2.90. The fourth-order valence-corrected chi connectivity index (χ4v) is 1.38. The normalized spacial score (nSPS) is 9.76. The zero-order valence-electron chi connectivity index (χ0n) is 8.93. The number of rotatable bonds is 3. The van der Waals surface area contributed by atoms with Gasteiger partial charge in [-0.1, -0.05) is 5.69 Å². The van der Waals surface area contributed by atoms with Crippen molar-refractivity contribution < 1.29 is 31.4 Å². The van der Waals surface area contributed by atoms with E-state index in [-0.39, 0.29) is 17.1 Å². The van der Waals surface area contributed by atoms with Gasteiger partial charge in [-0.2, -0.15) is 30.3 Å². The smallest absolute Gasteiger partial charge is 0.810 e. The quantitative estimate of drug-likeness (QED) is 0.522. The van der Waals surface area contributed by atoms with Crippen LogP contribution in [0.15, 0.2) is 54.6 Å². The monoisotopic (exact) mass is 293 g/mol. The van der Waals surface area contributed by atoms with Gasteiger partial charge in [0.1, 0.15) is 0 Å². The molecule has 0 radical (unpaired) electrons. The van der Waals surface area contributed by atoms with Gasteiger partial charge >= 0.3 is 17.1 Å². The van der Waals surface area contributed by atoms with E-state index in [1.807, 2.05) is 30.3 Å². The molecule has 0 aliphatic rings. The largest absolute Gasteiger partial charge is 4.00 e. The first-order chi connectivity index (χ1) is 7.58. The van der Waals surface area contributed by atoms with Crippen LogP contribution in [0.4, 0.5) is 5.69 Å². The second-order valence-corrected chi connectivity index (χ2v) is 4.62. The second-order valence-electron chi connectivity index (χ2n) is 3.08. The van der Waals surface area contributed by atoms with Crippen molar-refractivity contribution in [2.45, 2.75) is 0 Å². The van der Waals surface area contributed by atoms with Crippen LogP contribution in [0.3, 0.4) is 0 Å². The van der Waals surface area contributed by atoms with Crippen molar-refractivity contribution in [3.8, 4) is 0 Å². The van der Waals surface area contributed by atoms with E-state index in [0.717, 1.165) is 0 Å². The molecule has 1 N–H and O–H groups in total. The van der Waals surface area contributed by atoms with Crippen LogP contribution in [0, 0.1) is 0 Å². The van der Waals surface area contributed by atoms with Gasteiger partial charge in [-0.3, -0.25) is 0 Å². The summed E-state index contributed by atoms with van der Waals surface area (Å²) in [5, 5.41) is 2.48. The van der Waals surface area contributed by atoms with E-state index in [2.05, 4.69) is 5.32 Å². The summed E-state index contributed by atoms with van der Waals surface area (Å²) in [5.74, 6) is 0.